The summed E-state index contributed by atoms with van der Waals surface area (Å²) in [5, 5.41) is 3.42. The Labute approximate surface area is 107 Å². The molecule has 0 radical (unpaired) electrons. The van der Waals surface area contributed by atoms with Crippen LogP contribution in [0.5, 0.6) is 5.75 Å². The Bertz CT molecular complexity index is 508. The summed E-state index contributed by atoms with van der Waals surface area (Å²) in [4.78, 5) is 4.20. The fraction of sp³-hybridized carbons (Fsp3) is 0.357. The standard InChI is InChI=1S/C14H18N2O2/c1-4-16-14(12-5-10(2)18-9-12)11-6-13(17-3)8-15-7-11/h5-9,14,16H,4H2,1-3H3. The van der Waals surface area contributed by atoms with Gasteiger partial charge in [-0.05, 0) is 31.2 Å². The second-order valence-corrected chi connectivity index (χ2v) is 4.14. The van der Waals surface area contributed by atoms with E-state index in [0.717, 1.165) is 29.2 Å². The van der Waals surface area contributed by atoms with Crippen molar-refractivity contribution in [2.24, 2.45) is 0 Å². The summed E-state index contributed by atoms with van der Waals surface area (Å²) >= 11 is 0. The van der Waals surface area contributed by atoms with Gasteiger partial charge in [0.05, 0.1) is 25.6 Å². The van der Waals surface area contributed by atoms with Crippen molar-refractivity contribution in [3.8, 4) is 5.75 Å². The van der Waals surface area contributed by atoms with Gasteiger partial charge in [0, 0.05) is 11.8 Å². The van der Waals surface area contributed by atoms with Crippen molar-refractivity contribution in [3.05, 3.63) is 47.7 Å². The molecule has 2 aromatic heterocycles. The molecule has 1 unspecified atom stereocenters. The number of furan rings is 1. The molecular formula is C14H18N2O2. The maximum absolute atomic E-state index is 5.38. The van der Waals surface area contributed by atoms with Crippen LogP contribution in [0.2, 0.25) is 0 Å². The lowest BCUT2D eigenvalue weighted by Crippen LogP contribution is -2.21. The quantitative estimate of drug-likeness (QED) is 0.881. The van der Waals surface area contributed by atoms with E-state index in [1.165, 1.54) is 0 Å². The van der Waals surface area contributed by atoms with Gasteiger partial charge in [0.2, 0.25) is 0 Å². The molecule has 2 heterocycles. The number of hydrogen-bond donors (Lipinski definition) is 1. The molecule has 0 saturated carbocycles. The highest BCUT2D eigenvalue weighted by molar-refractivity contribution is 5.33. The first-order valence-electron chi connectivity index (χ1n) is 6.02. The number of aryl methyl sites for hydroxylation is 1. The van der Waals surface area contributed by atoms with Crippen molar-refractivity contribution in [1.29, 1.82) is 0 Å². The predicted octanol–water partition coefficient (Wildman–Crippen LogP) is 2.69. The van der Waals surface area contributed by atoms with Gasteiger partial charge in [-0.1, -0.05) is 6.92 Å². The molecule has 4 heteroatoms. The summed E-state index contributed by atoms with van der Waals surface area (Å²) in [6.07, 6.45) is 5.33. The Kier molecular flexibility index (Phi) is 3.99. The first kappa shape index (κ1) is 12.6. The summed E-state index contributed by atoms with van der Waals surface area (Å²) in [5.41, 5.74) is 2.17. The molecule has 96 valence electrons. The lowest BCUT2D eigenvalue weighted by atomic mass is 10.0. The van der Waals surface area contributed by atoms with Crippen molar-refractivity contribution in [1.82, 2.24) is 10.3 Å². The van der Waals surface area contributed by atoms with E-state index in [1.807, 2.05) is 25.3 Å². The van der Waals surface area contributed by atoms with Crippen LogP contribution >= 0.6 is 0 Å². The van der Waals surface area contributed by atoms with Crippen LogP contribution in [0.1, 0.15) is 29.9 Å². The summed E-state index contributed by atoms with van der Waals surface area (Å²) < 4.78 is 10.6. The van der Waals surface area contributed by atoms with Gasteiger partial charge in [-0.25, -0.2) is 0 Å². The average molecular weight is 246 g/mol. The van der Waals surface area contributed by atoms with E-state index in [-0.39, 0.29) is 6.04 Å². The molecule has 0 saturated heterocycles. The van der Waals surface area contributed by atoms with Gasteiger partial charge in [-0.2, -0.15) is 0 Å². The first-order valence-corrected chi connectivity index (χ1v) is 6.02. The number of rotatable bonds is 5. The smallest absolute Gasteiger partial charge is 0.137 e. The topological polar surface area (TPSA) is 47.3 Å². The van der Waals surface area contributed by atoms with Crippen molar-refractivity contribution in [2.75, 3.05) is 13.7 Å². The van der Waals surface area contributed by atoms with E-state index in [9.17, 15) is 0 Å². The van der Waals surface area contributed by atoms with Gasteiger partial charge in [0.25, 0.3) is 0 Å². The molecular weight excluding hydrogens is 228 g/mol. The molecule has 0 amide bonds. The summed E-state index contributed by atoms with van der Waals surface area (Å²) in [5.74, 6) is 1.67. The van der Waals surface area contributed by atoms with Crippen LogP contribution in [0.25, 0.3) is 0 Å². The Hall–Kier alpha value is -1.81. The van der Waals surface area contributed by atoms with E-state index in [0.29, 0.717) is 0 Å². The van der Waals surface area contributed by atoms with Gasteiger partial charge in [-0.3, -0.25) is 4.98 Å². The lowest BCUT2D eigenvalue weighted by molar-refractivity contribution is 0.411. The highest BCUT2D eigenvalue weighted by atomic mass is 16.5. The molecule has 1 N–H and O–H groups in total. The zero-order valence-electron chi connectivity index (χ0n) is 10.9. The average Bonchev–Trinajstić information content (AvgIpc) is 2.82. The van der Waals surface area contributed by atoms with Gasteiger partial charge < -0.3 is 14.5 Å². The summed E-state index contributed by atoms with van der Waals surface area (Å²) in [7, 11) is 1.64. The number of hydrogen-bond acceptors (Lipinski definition) is 4. The molecule has 0 aliphatic heterocycles. The maximum Gasteiger partial charge on any atom is 0.137 e. The molecule has 0 aliphatic carbocycles. The van der Waals surface area contributed by atoms with Crippen LogP contribution in [-0.4, -0.2) is 18.6 Å². The molecule has 2 aromatic rings. The highest BCUT2D eigenvalue weighted by Gasteiger charge is 2.16. The van der Waals surface area contributed by atoms with Crippen LogP contribution in [0, 0.1) is 6.92 Å². The van der Waals surface area contributed by atoms with Crippen molar-refractivity contribution in [2.45, 2.75) is 19.9 Å². The minimum Gasteiger partial charge on any atom is -0.495 e. The monoisotopic (exact) mass is 246 g/mol. The van der Waals surface area contributed by atoms with E-state index < -0.39 is 0 Å². The maximum atomic E-state index is 5.38. The molecule has 0 fully saturated rings. The largest absolute Gasteiger partial charge is 0.495 e. The Morgan fingerprint density at radius 3 is 2.78 bits per heavy atom. The van der Waals surface area contributed by atoms with Gasteiger partial charge in [-0.15, -0.1) is 0 Å². The van der Waals surface area contributed by atoms with Crippen LogP contribution in [-0.2, 0) is 0 Å². The molecule has 2 rings (SSSR count). The summed E-state index contributed by atoms with van der Waals surface area (Å²) in [6.45, 7) is 4.88. The minimum absolute atomic E-state index is 0.0787. The van der Waals surface area contributed by atoms with Gasteiger partial charge in [0.15, 0.2) is 0 Å². The fourth-order valence-corrected chi connectivity index (χ4v) is 1.95. The Balaban J connectivity index is 2.34. The third-order valence-corrected chi connectivity index (χ3v) is 2.80. The van der Waals surface area contributed by atoms with Gasteiger partial charge >= 0.3 is 0 Å². The van der Waals surface area contributed by atoms with E-state index in [1.54, 1.807) is 19.6 Å². The molecule has 0 bridgehead atoms. The minimum atomic E-state index is 0.0787. The van der Waals surface area contributed by atoms with Crippen molar-refractivity contribution >= 4 is 0 Å². The molecule has 18 heavy (non-hydrogen) atoms. The SMILES string of the molecule is CCNC(c1cncc(OC)c1)c1coc(C)c1. The van der Waals surface area contributed by atoms with Crippen LogP contribution in [0.3, 0.4) is 0 Å². The number of ether oxygens (including phenoxy) is 1. The predicted molar refractivity (Wildman–Crippen MR) is 69.8 cm³/mol. The Morgan fingerprint density at radius 2 is 2.17 bits per heavy atom. The third-order valence-electron chi connectivity index (χ3n) is 2.80. The van der Waals surface area contributed by atoms with Crippen molar-refractivity contribution < 1.29 is 9.15 Å². The summed E-state index contributed by atoms with van der Waals surface area (Å²) in [6, 6.07) is 4.10. The second kappa shape index (κ2) is 5.69. The normalized spacial score (nSPS) is 12.4. The number of nitrogens with zero attached hydrogens (tertiary/aromatic N) is 1. The highest BCUT2D eigenvalue weighted by Crippen LogP contribution is 2.25. The number of nitrogens with one attached hydrogen (secondary N) is 1. The van der Waals surface area contributed by atoms with Gasteiger partial charge in [0.1, 0.15) is 11.5 Å². The number of aromatic nitrogens is 1. The number of methoxy groups -OCH3 is 1. The van der Waals surface area contributed by atoms with E-state index in [2.05, 4.69) is 17.2 Å². The van der Waals surface area contributed by atoms with Crippen LogP contribution in [0.15, 0.2) is 35.2 Å². The van der Waals surface area contributed by atoms with Crippen LogP contribution in [0.4, 0.5) is 0 Å². The van der Waals surface area contributed by atoms with Crippen molar-refractivity contribution in [3.63, 3.8) is 0 Å². The molecule has 0 spiro atoms. The molecule has 1 atom stereocenters. The number of pyridine rings is 1. The second-order valence-electron chi connectivity index (χ2n) is 4.14. The molecule has 0 aliphatic rings. The zero-order valence-corrected chi connectivity index (χ0v) is 10.9. The molecule has 0 aromatic carbocycles. The van der Waals surface area contributed by atoms with E-state index in [4.69, 9.17) is 9.15 Å². The Morgan fingerprint density at radius 1 is 1.33 bits per heavy atom. The molecule has 4 nitrogen and oxygen atoms in total. The third kappa shape index (κ3) is 2.71. The lowest BCUT2D eigenvalue weighted by Gasteiger charge is -2.16. The zero-order chi connectivity index (χ0) is 13.0. The van der Waals surface area contributed by atoms with Crippen LogP contribution < -0.4 is 10.1 Å². The fourth-order valence-electron chi connectivity index (χ4n) is 1.95. The first-order chi connectivity index (χ1) is 8.74. The van der Waals surface area contributed by atoms with E-state index >= 15 is 0 Å².